The van der Waals surface area contributed by atoms with E-state index in [1.807, 2.05) is 4.90 Å². The Bertz CT molecular complexity index is 598. The van der Waals surface area contributed by atoms with Crippen molar-refractivity contribution in [3.8, 4) is 5.75 Å². The molecule has 6 nitrogen and oxygen atoms in total. The summed E-state index contributed by atoms with van der Waals surface area (Å²) in [7, 11) is 0. The molecule has 2 rings (SSSR count). The van der Waals surface area contributed by atoms with Gasteiger partial charge in [0.05, 0.1) is 17.6 Å². The van der Waals surface area contributed by atoms with E-state index in [1.165, 1.54) is 12.1 Å². The number of piperidine rings is 1. The first-order valence-corrected chi connectivity index (χ1v) is 7.76. The van der Waals surface area contributed by atoms with E-state index in [-0.39, 0.29) is 29.2 Å². The molecule has 1 fully saturated rings. The van der Waals surface area contributed by atoms with Crippen LogP contribution in [0.4, 0.5) is 14.5 Å². The number of carbonyl (C=O) groups excluding carboxylic acids is 2. The van der Waals surface area contributed by atoms with Crippen LogP contribution < -0.4 is 15.8 Å². The van der Waals surface area contributed by atoms with Gasteiger partial charge in [-0.15, -0.1) is 0 Å². The van der Waals surface area contributed by atoms with Gasteiger partial charge in [-0.25, -0.2) is 0 Å². The molecule has 0 aliphatic carbocycles. The molecule has 0 aromatic heterocycles. The molecule has 1 aromatic carbocycles. The fourth-order valence-corrected chi connectivity index (χ4v) is 2.76. The zero-order chi connectivity index (χ0) is 17.7. The predicted octanol–water partition coefficient (Wildman–Crippen LogP) is 1.81. The molecule has 3 N–H and O–H groups in total. The Balaban J connectivity index is 2.03. The second-order valence-electron chi connectivity index (χ2n) is 5.78. The van der Waals surface area contributed by atoms with Crippen molar-refractivity contribution in [1.29, 1.82) is 0 Å². The zero-order valence-electron chi connectivity index (χ0n) is 13.4. The number of nitrogens with zero attached hydrogens (tertiary/aromatic N) is 1. The molecule has 1 saturated heterocycles. The standard InChI is InChI=1S/C16H21F2N3O3/c1-10(21-8-4-5-11(9-21)14(19)22)15(23)20-12-6-2-3-7-13(12)24-16(17)18/h2-3,6-7,10-11,16H,4-5,8-9H2,1H3,(H2,19,22)(H,20,23). The van der Waals surface area contributed by atoms with Crippen LogP contribution in [-0.2, 0) is 9.59 Å². The first kappa shape index (κ1) is 18.1. The van der Waals surface area contributed by atoms with E-state index in [1.54, 1.807) is 19.1 Å². The van der Waals surface area contributed by atoms with E-state index in [0.717, 1.165) is 6.42 Å². The summed E-state index contributed by atoms with van der Waals surface area (Å²) < 4.78 is 29.2. The van der Waals surface area contributed by atoms with Crippen LogP contribution in [0, 0.1) is 5.92 Å². The summed E-state index contributed by atoms with van der Waals surface area (Å²) in [5.74, 6) is -1.10. The largest absolute Gasteiger partial charge is 0.433 e. The maximum Gasteiger partial charge on any atom is 0.387 e. The van der Waals surface area contributed by atoms with Crippen LogP contribution in [-0.4, -0.2) is 42.5 Å². The summed E-state index contributed by atoms with van der Waals surface area (Å²) in [6.07, 6.45) is 1.49. The first-order chi connectivity index (χ1) is 11.4. The van der Waals surface area contributed by atoms with Gasteiger partial charge in [0, 0.05) is 6.54 Å². The smallest absolute Gasteiger partial charge is 0.387 e. The van der Waals surface area contributed by atoms with Crippen molar-refractivity contribution in [3.63, 3.8) is 0 Å². The third-order valence-corrected chi connectivity index (χ3v) is 4.14. The number of likely N-dealkylation sites (tertiary alicyclic amines) is 1. The first-order valence-electron chi connectivity index (χ1n) is 7.76. The summed E-state index contributed by atoms with van der Waals surface area (Å²) in [4.78, 5) is 25.6. The second kappa shape index (κ2) is 8.05. The Morgan fingerprint density at radius 1 is 1.38 bits per heavy atom. The maximum atomic E-state index is 12.4. The topological polar surface area (TPSA) is 84.7 Å². The molecule has 0 spiro atoms. The third kappa shape index (κ3) is 4.64. The van der Waals surface area contributed by atoms with Crippen LogP contribution in [0.3, 0.4) is 0 Å². The van der Waals surface area contributed by atoms with Crippen LogP contribution in [0.2, 0.25) is 0 Å². The number of halogens is 2. The average Bonchev–Trinajstić information content (AvgIpc) is 2.55. The Hall–Kier alpha value is -2.22. The highest BCUT2D eigenvalue weighted by molar-refractivity contribution is 5.95. The molecular formula is C16H21F2N3O3. The molecule has 2 atom stereocenters. The number of nitrogens with two attached hydrogens (primary N) is 1. The molecule has 132 valence electrons. The van der Waals surface area contributed by atoms with Crippen LogP contribution in [0.25, 0.3) is 0 Å². The average molecular weight is 341 g/mol. The molecular weight excluding hydrogens is 320 g/mol. The number of benzene rings is 1. The molecule has 2 amide bonds. The number of hydrogen-bond acceptors (Lipinski definition) is 4. The van der Waals surface area contributed by atoms with Gasteiger partial charge >= 0.3 is 6.61 Å². The Labute approximate surface area is 138 Å². The normalized spacial score (nSPS) is 19.8. The van der Waals surface area contributed by atoms with E-state index in [9.17, 15) is 18.4 Å². The van der Waals surface area contributed by atoms with Gasteiger partial charge in [-0.05, 0) is 38.4 Å². The lowest BCUT2D eigenvalue weighted by Crippen LogP contribution is -2.49. The molecule has 0 bridgehead atoms. The summed E-state index contributed by atoms with van der Waals surface area (Å²) >= 11 is 0. The number of rotatable bonds is 6. The van der Waals surface area contributed by atoms with Crippen molar-refractivity contribution in [2.24, 2.45) is 11.7 Å². The van der Waals surface area contributed by atoms with Gasteiger partial charge in [0.15, 0.2) is 0 Å². The summed E-state index contributed by atoms with van der Waals surface area (Å²) in [6, 6.07) is 5.48. The molecule has 24 heavy (non-hydrogen) atoms. The van der Waals surface area contributed by atoms with E-state index < -0.39 is 12.7 Å². The van der Waals surface area contributed by atoms with Gasteiger partial charge in [0.2, 0.25) is 11.8 Å². The summed E-state index contributed by atoms with van der Waals surface area (Å²) in [6.45, 7) is -0.180. The molecule has 0 saturated carbocycles. The van der Waals surface area contributed by atoms with Crippen LogP contribution in [0.1, 0.15) is 19.8 Å². The van der Waals surface area contributed by atoms with Crippen LogP contribution >= 0.6 is 0 Å². The third-order valence-electron chi connectivity index (χ3n) is 4.14. The van der Waals surface area contributed by atoms with Gasteiger partial charge in [-0.2, -0.15) is 8.78 Å². The van der Waals surface area contributed by atoms with Gasteiger partial charge in [-0.3, -0.25) is 14.5 Å². The zero-order valence-corrected chi connectivity index (χ0v) is 13.4. The number of anilines is 1. The minimum atomic E-state index is -2.97. The number of carbonyl (C=O) groups is 2. The fourth-order valence-electron chi connectivity index (χ4n) is 2.76. The highest BCUT2D eigenvalue weighted by atomic mass is 19.3. The molecule has 2 unspecified atom stereocenters. The second-order valence-corrected chi connectivity index (χ2v) is 5.78. The highest BCUT2D eigenvalue weighted by Crippen LogP contribution is 2.26. The van der Waals surface area contributed by atoms with Crippen LogP contribution in [0.5, 0.6) is 5.75 Å². The highest BCUT2D eigenvalue weighted by Gasteiger charge is 2.30. The number of amides is 2. The lowest BCUT2D eigenvalue weighted by Gasteiger charge is -2.34. The van der Waals surface area contributed by atoms with Gasteiger partial charge in [0.1, 0.15) is 5.75 Å². The Kier molecular flexibility index (Phi) is 6.08. The predicted molar refractivity (Wildman–Crippen MR) is 84.7 cm³/mol. The SMILES string of the molecule is CC(C(=O)Nc1ccccc1OC(F)F)N1CCCC(C(N)=O)C1. The van der Waals surface area contributed by atoms with E-state index in [0.29, 0.717) is 19.5 Å². The lowest BCUT2D eigenvalue weighted by molar-refractivity contribution is -0.127. The Morgan fingerprint density at radius 2 is 2.08 bits per heavy atom. The van der Waals surface area contributed by atoms with Crippen molar-refractivity contribution in [1.82, 2.24) is 4.90 Å². The number of hydrogen-bond donors (Lipinski definition) is 2. The van der Waals surface area contributed by atoms with Crippen molar-refractivity contribution in [2.45, 2.75) is 32.4 Å². The molecule has 1 aliphatic rings. The number of para-hydroxylation sites is 2. The van der Waals surface area contributed by atoms with Crippen molar-refractivity contribution < 1.29 is 23.1 Å². The van der Waals surface area contributed by atoms with Crippen molar-refractivity contribution in [3.05, 3.63) is 24.3 Å². The van der Waals surface area contributed by atoms with Crippen molar-refractivity contribution in [2.75, 3.05) is 18.4 Å². The summed E-state index contributed by atoms with van der Waals surface area (Å²) in [5, 5.41) is 2.60. The summed E-state index contributed by atoms with van der Waals surface area (Å²) in [5.41, 5.74) is 5.52. The van der Waals surface area contributed by atoms with Gasteiger partial charge in [0.25, 0.3) is 0 Å². The molecule has 8 heteroatoms. The number of nitrogens with one attached hydrogen (secondary N) is 1. The Morgan fingerprint density at radius 3 is 2.75 bits per heavy atom. The minimum absolute atomic E-state index is 0.0956. The number of primary amides is 1. The van der Waals surface area contributed by atoms with Crippen molar-refractivity contribution >= 4 is 17.5 Å². The molecule has 1 heterocycles. The maximum absolute atomic E-state index is 12.4. The monoisotopic (exact) mass is 341 g/mol. The van der Waals surface area contributed by atoms with Gasteiger partial charge < -0.3 is 15.8 Å². The van der Waals surface area contributed by atoms with Gasteiger partial charge in [-0.1, -0.05) is 12.1 Å². The fraction of sp³-hybridized carbons (Fsp3) is 0.500. The molecule has 0 radical (unpaired) electrons. The molecule has 1 aromatic rings. The number of ether oxygens (including phenoxy) is 1. The van der Waals surface area contributed by atoms with E-state index >= 15 is 0 Å². The lowest BCUT2D eigenvalue weighted by atomic mass is 9.96. The minimum Gasteiger partial charge on any atom is -0.433 e. The number of alkyl halides is 2. The van der Waals surface area contributed by atoms with Crippen LogP contribution in [0.15, 0.2) is 24.3 Å². The van der Waals surface area contributed by atoms with E-state index in [4.69, 9.17) is 5.73 Å². The van der Waals surface area contributed by atoms with E-state index in [2.05, 4.69) is 10.1 Å². The molecule has 1 aliphatic heterocycles. The quantitative estimate of drug-likeness (QED) is 0.826.